The van der Waals surface area contributed by atoms with Gasteiger partial charge >= 0.3 is 0 Å². The number of rotatable bonds is 8. The van der Waals surface area contributed by atoms with Crippen LogP contribution in [0.5, 0.6) is 0 Å². The van der Waals surface area contributed by atoms with Gasteiger partial charge in [0, 0.05) is 12.3 Å². The zero-order valence-electron chi connectivity index (χ0n) is 13.6. The molecule has 1 rings (SSSR count). The van der Waals surface area contributed by atoms with Crippen molar-refractivity contribution in [1.29, 1.82) is 0 Å². The van der Waals surface area contributed by atoms with Crippen molar-refractivity contribution in [2.45, 2.75) is 85.5 Å². The molecule has 0 heterocycles. The number of carbonyl (C=O) groups is 1. The molecule has 1 fully saturated rings. The van der Waals surface area contributed by atoms with Crippen LogP contribution in [0.2, 0.25) is 0 Å². The molecule has 0 amide bonds. The molecule has 19 heavy (non-hydrogen) atoms. The van der Waals surface area contributed by atoms with Gasteiger partial charge in [-0.1, -0.05) is 59.8 Å². The predicted molar refractivity (Wildman–Crippen MR) is 83.2 cm³/mol. The van der Waals surface area contributed by atoms with Crippen LogP contribution in [0, 0.1) is 23.7 Å². The SMILES string of the molecule is CCCCCCCC(=O)C1CC(C)CCC1C(C)C. The second-order valence-corrected chi connectivity index (χ2v) is 7.06. The van der Waals surface area contributed by atoms with Gasteiger partial charge in [0.2, 0.25) is 0 Å². The third-order valence-corrected chi connectivity index (χ3v) is 4.96. The second-order valence-electron chi connectivity index (χ2n) is 7.06. The Balaban J connectivity index is 2.38. The topological polar surface area (TPSA) is 17.1 Å². The summed E-state index contributed by atoms with van der Waals surface area (Å²) in [5.41, 5.74) is 0. The fourth-order valence-corrected chi connectivity index (χ4v) is 3.66. The lowest BCUT2D eigenvalue weighted by Crippen LogP contribution is -2.33. The zero-order valence-corrected chi connectivity index (χ0v) is 13.6. The highest BCUT2D eigenvalue weighted by Gasteiger charge is 2.34. The van der Waals surface area contributed by atoms with Gasteiger partial charge in [-0.15, -0.1) is 0 Å². The largest absolute Gasteiger partial charge is 0.299 e. The molecule has 0 radical (unpaired) electrons. The van der Waals surface area contributed by atoms with Crippen molar-refractivity contribution in [3.63, 3.8) is 0 Å². The first-order chi connectivity index (χ1) is 9.06. The first-order valence-electron chi connectivity index (χ1n) is 8.59. The van der Waals surface area contributed by atoms with Crippen molar-refractivity contribution < 1.29 is 4.79 Å². The lowest BCUT2D eigenvalue weighted by Gasteiger charge is -2.36. The van der Waals surface area contributed by atoms with Gasteiger partial charge < -0.3 is 0 Å². The lowest BCUT2D eigenvalue weighted by molar-refractivity contribution is -0.127. The van der Waals surface area contributed by atoms with E-state index in [2.05, 4.69) is 27.7 Å². The molecule has 0 spiro atoms. The van der Waals surface area contributed by atoms with Gasteiger partial charge in [0.05, 0.1) is 0 Å². The molecule has 1 aliphatic carbocycles. The van der Waals surface area contributed by atoms with Crippen LogP contribution in [0.1, 0.15) is 85.5 Å². The quantitative estimate of drug-likeness (QED) is 0.521. The van der Waals surface area contributed by atoms with Crippen molar-refractivity contribution >= 4 is 5.78 Å². The average Bonchev–Trinajstić information content (AvgIpc) is 2.37. The molecule has 1 saturated carbocycles. The van der Waals surface area contributed by atoms with Crippen molar-refractivity contribution in [3.05, 3.63) is 0 Å². The highest BCUT2D eigenvalue weighted by molar-refractivity contribution is 5.81. The summed E-state index contributed by atoms with van der Waals surface area (Å²) in [4.78, 5) is 12.5. The smallest absolute Gasteiger partial charge is 0.136 e. The predicted octanol–water partition coefficient (Wildman–Crippen LogP) is 5.62. The standard InChI is InChI=1S/C18H34O/c1-5-6-7-8-9-10-18(19)17-13-15(4)11-12-16(17)14(2)3/h14-17H,5-13H2,1-4H3. The minimum atomic E-state index is 0.370. The molecule has 1 nitrogen and oxygen atoms in total. The maximum Gasteiger partial charge on any atom is 0.136 e. The maximum absolute atomic E-state index is 12.5. The minimum Gasteiger partial charge on any atom is -0.299 e. The first kappa shape index (κ1) is 16.7. The van der Waals surface area contributed by atoms with E-state index in [1.54, 1.807) is 0 Å². The summed E-state index contributed by atoms with van der Waals surface area (Å²) in [6.45, 7) is 9.14. The van der Waals surface area contributed by atoms with Crippen molar-refractivity contribution in [3.8, 4) is 0 Å². The minimum absolute atomic E-state index is 0.370. The van der Waals surface area contributed by atoms with Gasteiger partial charge in [-0.3, -0.25) is 4.79 Å². The number of Topliss-reactive ketones (excluding diaryl/α,β-unsaturated/α-hetero) is 1. The van der Waals surface area contributed by atoms with Crippen LogP contribution in [0.3, 0.4) is 0 Å². The van der Waals surface area contributed by atoms with Crippen LogP contribution in [0.15, 0.2) is 0 Å². The van der Waals surface area contributed by atoms with Crippen LogP contribution in [-0.2, 0) is 4.79 Å². The third kappa shape index (κ3) is 5.67. The molecular formula is C18H34O. The maximum atomic E-state index is 12.5. The van der Waals surface area contributed by atoms with Crippen molar-refractivity contribution in [1.82, 2.24) is 0 Å². The molecule has 0 aliphatic heterocycles. The summed E-state index contributed by atoms with van der Waals surface area (Å²) in [5.74, 6) is 3.02. The van der Waals surface area contributed by atoms with E-state index in [-0.39, 0.29) is 0 Å². The van der Waals surface area contributed by atoms with E-state index in [1.807, 2.05) is 0 Å². The van der Waals surface area contributed by atoms with E-state index in [4.69, 9.17) is 0 Å². The molecule has 0 aromatic heterocycles. The number of hydrogen-bond donors (Lipinski definition) is 0. The Bertz CT molecular complexity index is 256. The summed E-state index contributed by atoms with van der Waals surface area (Å²) in [5, 5.41) is 0. The Morgan fingerprint density at radius 1 is 1.11 bits per heavy atom. The van der Waals surface area contributed by atoms with E-state index < -0.39 is 0 Å². The summed E-state index contributed by atoms with van der Waals surface area (Å²) < 4.78 is 0. The van der Waals surface area contributed by atoms with Crippen LogP contribution in [-0.4, -0.2) is 5.78 Å². The first-order valence-corrected chi connectivity index (χ1v) is 8.59. The molecule has 0 N–H and O–H groups in total. The Labute approximate surface area is 120 Å². The van der Waals surface area contributed by atoms with Crippen LogP contribution < -0.4 is 0 Å². The molecule has 0 bridgehead atoms. The average molecular weight is 266 g/mol. The normalized spacial score (nSPS) is 27.7. The Hall–Kier alpha value is -0.330. The third-order valence-electron chi connectivity index (χ3n) is 4.96. The summed E-state index contributed by atoms with van der Waals surface area (Å²) >= 11 is 0. The lowest BCUT2D eigenvalue weighted by atomic mass is 9.68. The summed E-state index contributed by atoms with van der Waals surface area (Å²) in [6, 6.07) is 0. The van der Waals surface area contributed by atoms with Crippen LogP contribution >= 0.6 is 0 Å². The summed E-state index contributed by atoms with van der Waals surface area (Å²) in [6.07, 6.45) is 10.9. The summed E-state index contributed by atoms with van der Waals surface area (Å²) in [7, 11) is 0. The van der Waals surface area contributed by atoms with E-state index in [0.717, 1.165) is 25.2 Å². The van der Waals surface area contributed by atoms with Crippen LogP contribution in [0.4, 0.5) is 0 Å². The fraction of sp³-hybridized carbons (Fsp3) is 0.944. The van der Waals surface area contributed by atoms with Crippen LogP contribution in [0.25, 0.3) is 0 Å². The molecule has 0 saturated heterocycles. The molecule has 1 aliphatic rings. The van der Waals surface area contributed by atoms with E-state index in [9.17, 15) is 4.79 Å². The second kappa shape index (κ2) is 8.76. The number of hydrogen-bond acceptors (Lipinski definition) is 1. The molecule has 112 valence electrons. The monoisotopic (exact) mass is 266 g/mol. The molecular weight excluding hydrogens is 232 g/mol. The molecule has 0 aromatic carbocycles. The van der Waals surface area contributed by atoms with Gasteiger partial charge in [-0.25, -0.2) is 0 Å². The highest BCUT2D eigenvalue weighted by Crippen LogP contribution is 2.39. The Kier molecular flexibility index (Phi) is 7.71. The highest BCUT2D eigenvalue weighted by atomic mass is 16.1. The van der Waals surface area contributed by atoms with E-state index in [1.165, 1.54) is 38.5 Å². The van der Waals surface area contributed by atoms with Gasteiger partial charge in [0.1, 0.15) is 5.78 Å². The van der Waals surface area contributed by atoms with E-state index in [0.29, 0.717) is 23.5 Å². The molecule has 1 heteroatoms. The van der Waals surface area contributed by atoms with Gasteiger partial charge in [-0.2, -0.15) is 0 Å². The van der Waals surface area contributed by atoms with Crippen molar-refractivity contribution in [2.75, 3.05) is 0 Å². The molecule has 3 unspecified atom stereocenters. The number of carbonyl (C=O) groups excluding carboxylic acids is 1. The van der Waals surface area contributed by atoms with Gasteiger partial charge in [0.15, 0.2) is 0 Å². The van der Waals surface area contributed by atoms with Crippen molar-refractivity contribution in [2.24, 2.45) is 23.7 Å². The van der Waals surface area contributed by atoms with Gasteiger partial charge in [-0.05, 0) is 37.0 Å². The Morgan fingerprint density at radius 3 is 2.42 bits per heavy atom. The van der Waals surface area contributed by atoms with Gasteiger partial charge in [0.25, 0.3) is 0 Å². The number of ketones is 1. The fourth-order valence-electron chi connectivity index (χ4n) is 3.66. The molecule has 0 aromatic rings. The Morgan fingerprint density at radius 2 is 1.79 bits per heavy atom. The van der Waals surface area contributed by atoms with E-state index >= 15 is 0 Å². The zero-order chi connectivity index (χ0) is 14.3. The molecule has 3 atom stereocenters. The number of unbranched alkanes of at least 4 members (excludes halogenated alkanes) is 4.